The first-order chi connectivity index (χ1) is 17.2. The minimum atomic E-state index is -0.591. The van der Waals surface area contributed by atoms with E-state index in [1.807, 2.05) is 18.2 Å². The number of hydrogen-bond acceptors (Lipinski definition) is 2. The number of carbonyl (C=O) groups excluding carboxylic acids is 1. The van der Waals surface area contributed by atoms with Crippen LogP contribution in [0.2, 0.25) is 0 Å². The van der Waals surface area contributed by atoms with Crippen LogP contribution in [0.1, 0.15) is 43.7 Å². The van der Waals surface area contributed by atoms with Gasteiger partial charge in [0.2, 0.25) is 0 Å². The van der Waals surface area contributed by atoms with E-state index in [4.69, 9.17) is 0 Å². The van der Waals surface area contributed by atoms with Crippen LogP contribution in [-0.4, -0.2) is 5.78 Å². The topological polar surface area (TPSA) is 20.3 Å². The second-order valence-corrected chi connectivity index (χ2v) is 9.38. The minimum Gasteiger partial charge on any atom is -0.310 e. The number of para-hydroxylation sites is 3. The van der Waals surface area contributed by atoms with Gasteiger partial charge in [0.1, 0.15) is 0 Å². The molecule has 1 aliphatic heterocycles. The van der Waals surface area contributed by atoms with Gasteiger partial charge in [-0.05, 0) is 59.5 Å². The summed E-state index contributed by atoms with van der Waals surface area (Å²) in [6.45, 7) is 2.06. The lowest BCUT2D eigenvalue weighted by atomic mass is 9.57. The number of ketones is 1. The number of aryl methyl sites for hydroxylation is 1. The van der Waals surface area contributed by atoms with E-state index in [-0.39, 0.29) is 5.78 Å². The number of anilines is 3. The molecule has 5 aromatic rings. The summed E-state index contributed by atoms with van der Waals surface area (Å²) in [4.78, 5) is 16.1. The van der Waals surface area contributed by atoms with E-state index >= 15 is 0 Å². The van der Waals surface area contributed by atoms with E-state index in [9.17, 15) is 4.79 Å². The Kier molecular flexibility index (Phi) is 4.16. The maximum Gasteiger partial charge on any atom is 0.193 e. The first kappa shape index (κ1) is 20.0. The number of fused-ring (bicyclic) bond motifs is 8. The molecule has 0 saturated heterocycles. The fraction of sp³-hybridized carbons (Fsp3) is 0.0606. The van der Waals surface area contributed by atoms with Gasteiger partial charge in [-0.2, -0.15) is 0 Å². The lowest BCUT2D eigenvalue weighted by Crippen LogP contribution is -2.42. The monoisotopic (exact) mass is 449 g/mol. The lowest BCUT2D eigenvalue weighted by molar-refractivity contribution is 0.103. The third-order valence-corrected chi connectivity index (χ3v) is 7.51. The van der Waals surface area contributed by atoms with E-state index < -0.39 is 5.41 Å². The average molecular weight is 450 g/mol. The van der Waals surface area contributed by atoms with Crippen LogP contribution in [-0.2, 0) is 5.41 Å². The van der Waals surface area contributed by atoms with Crippen molar-refractivity contribution < 1.29 is 4.79 Å². The van der Waals surface area contributed by atoms with Crippen LogP contribution >= 0.6 is 0 Å². The Morgan fingerprint density at radius 2 is 1.09 bits per heavy atom. The van der Waals surface area contributed by atoms with Crippen molar-refractivity contribution in [2.24, 2.45) is 0 Å². The molecule has 0 fully saturated rings. The maximum absolute atomic E-state index is 13.8. The zero-order valence-electron chi connectivity index (χ0n) is 19.4. The predicted molar refractivity (Wildman–Crippen MR) is 141 cm³/mol. The Hall–Kier alpha value is -4.43. The van der Waals surface area contributed by atoms with Crippen molar-refractivity contribution in [3.63, 3.8) is 0 Å². The summed E-state index contributed by atoms with van der Waals surface area (Å²) in [6, 6.07) is 42.4. The molecule has 0 atom stereocenters. The molecule has 35 heavy (non-hydrogen) atoms. The molecule has 1 spiro atoms. The molecule has 0 amide bonds. The SMILES string of the molecule is Cc1ccc2c(c1)C(=O)c1ccccc1C21c2ccccc2N(c2ccccc2)c2ccccc21. The highest BCUT2D eigenvalue weighted by Crippen LogP contribution is 2.60. The largest absolute Gasteiger partial charge is 0.310 e. The summed E-state index contributed by atoms with van der Waals surface area (Å²) in [7, 11) is 0. The molecular formula is C33H23NO. The first-order valence-electron chi connectivity index (χ1n) is 12.0. The highest BCUT2D eigenvalue weighted by Gasteiger charge is 2.51. The van der Waals surface area contributed by atoms with Gasteiger partial charge in [-0.1, -0.05) is 96.6 Å². The second-order valence-electron chi connectivity index (χ2n) is 9.38. The Balaban J connectivity index is 1.69. The quantitative estimate of drug-likeness (QED) is 0.256. The summed E-state index contributed by atoms with van der Waals surface area (Å²) in [5, 5.41) is 0. The van der Waals surface area contributed by atoms with Crippen LogP contribution in [0.15, 0.2) is 121 Å². The number of benzene rings is 5. The molecule has 5 aromatic carbocycles. The fourth-order valence-corrected chi connectivity index (χ4v) is 6.15. The van der Waals surface area contributed by atoms with Crippen LogP contribution in [0.3, 0.4) is 0 Å². The molecule has 1 heterocycles. The van der Waals surface area contributed by atoms with Crippen LogP contribution in [0.4, 0.5) is 17.1 Å². The smallest absolute Gasteiger partial charge is 0.193 e. The van der Waals surface area contributed by atoms with Crippen LogP contribution < -0.4 is 4.90 Å². The molecule has 0 unspecified atom stereocenters. The highest BCUT2D eigenvalue weighted by molar-refractivity contribution is 6.14. The molecule has 1 aliphatic carbocycles. The number of nitrogens with zero attached hydrogens (tertiary/aromatic N) is 1. The molecule has 7 rings (SSSR count). The molecule has 0 saturated carbocycles. The third kappa shape index (κ3) is 2.57. The van der Waals surface area contributed by atoms with Crippen molar-refractivity contribution in [3.05, 3.63) is 160 Å². The van der Waals surface area contributed by atoms with Crippen molar-refractivity contribution in [2.45, 2.75) is 12.3 Å². The van der Waals surface area contributed by atoms with E-state index in [0.717, 1.165) is 44.9 Å². The number of carbonyl (C=O) groups is 1. The van der Waals surface area contributed by atoms with Crippen molar-refractivity contribution in [2.75, 3.05) is 4.90 Å². The van der Waals surface area contributed by atoms with Gasteiger partial charge in [0, 0.05) is 16.8 Å². The lowest BCUT2D eigenvalue weighted by Gasteiger charge is -2.48. The Labute approximate surface area is 205 Å². The van der Waals surface area contributed by atoms with E-state index in [1.165, 1.54) is 11.1 Å². The molecule has 166 valence electrons. The number of hydrogen-bond donors (Lipinski definition) is 0. The van der Waals surface area contributed by atoms with Gasteiger partial charge in [-0.15, -0.1) is 0 Å². The molecule has 0 aromatic heterocycles. The van der Waals surface area contributed by atoms with E-state index in [2.05, 4.69) is 115 Å². The van der Waals surface area contributed by atoms with Crippen molar-refractivity contribution in [1.82, 2.24) is 0 Å². The Morgan fingerprint density at radius 3 is 1.77 bits per heavy atom. The summed E-state index contributed by atoms with van der Waals surface area (Å²) in [5.41, 5.74) is 9.94. The Bertz CT molecular complexity index is 1590. The highest BCUT2D eigenvalue weighted by atomic mass is 16.1. The van der Waals surface area contributed by atoms with Crippen molar-refractivity contribution in [1.29, 1.82) is 0 Å². The van der Waals surface area contributed by atoms with Crippen LogP contribution in [0.25, 0.3) is 0 Å². The van der Waals surface area contributed by atoms with Gasteiger partial charge in [-0.3, -0.25) is 4.79 Å². The number of rotatable bonds is 1. The average Bonchev–Trinajstić information content (AvgIpc) is 2.92. The summed E-state index contributed by atoms with van der Waals surface area (Å²) in [5.74, 6) is 0.102. The zero-order valence-corrected chi connectivity index (χ0v) is 19.4. The van der Waals surface area contributed by atoms with Gasteiger partial charge in [0.15, 0.2) is 5.78 Å². The Morgan fingerprint density at radius 1 is 0.543 bits per heavy atom. The van der Waals surface area contributed by atoms with Gasteiger partial charge in [0.05, 0.1) is 16.8 Å². The van der Waals surface area contributed by atoms with Gasteiger partial charge in [-0.25, -0.2) is 0 Å². The second kappa shape index (κ2) is 7.28. The normalized spacial score (nSPS) is 14.7. The van der Waals surface area contributed by atoms with Crippen molar-refractivity contribution >= 4 is 22.8 Å². The molecule has 2 nitrogen and oxygen atoms in total. The molecular weight excluding hydrogens is 426 g/mol. The van der Waals surface area contributed by atoms with Crippen LogP contribution in [0, 0.1) is 6.92 Å². The van der Waals surface area contributed by atoms with E-state index in [1.54, 1.807) is 0 Å². The first-order valence-corrected chi connectivity index (χ1v) is 12.0. The van der Waals surface area contributed by atoms with Gasteiger partial charge >= 0.3 is 0 Å². The fourth-order valence-electron chi connectivity index (χ4n) is 6.15. The van der Waals surface area contributed by atoms with Crippen LogP contribution in [0.5, 0.6) is 0 Å². The molecule has 0 bridgehead atoms. The summed E-state index contributed by atoms with van der Waals surface area (Å²) >= 11 is 0. The van der Waals surface area contributed by atoms with E-state index in [0.29, 0.717) is 0 Å². The van der Waals surface area contributed by atoms with Gasteiger partial charge in [0.25, 0.3) is 0 Å². The molecule has 0 radical (unpaired) electrons. The molecule has 0 N–H and O–H groups in total. The zero-order chi connectivity index (χ0) is 23.6. The van der Waals surface area contributed by atoms with Gasteiger partial charge < -0.3 is 4.90 Å². The predicted octanol–water partition coefficient (Wildman–Crippen LogP) is 7.71. The van der Waals surface area contributed by atoms with Crippen molar-refractivity contribution in [3.8, 4) is 0 Å². The molecule has 2 aliphatic rings. The summed E-state index contributed by atoms with van der Waals surface area (Å²) < 4.78 is 0. The maximum atomic E-state index is 13.8. The third-order valence-electron chi connectivity index (χ3n) is 7.51. The summed E-state index contributed by atoms with van der Waals surface area (Å²) in [6.07, 6.45) is 0. The minimum absolute atomic E-state index is 0.102. The molecule has 2 heteroatoms. The standard InChI is InChI=1S/C33H23NO/c1-22-19-20-27-25(21-22)32(35)24-13-5-6-14-26(24)33(27)28-15-7-9-17-30(28)34(23-11-3-2-4-12-23)31-18-10-8-16-29(31)33/h2-21H,1H3.